The zero-order valence-electron chi connectivity index (χ0n) is 16.5. The van der Waals surface area contributed by atoms with E-state index >= 15 is 0 Å². The Morgan fingerprint density at radius 1 is 1.16 bits per heavy atom. The van der Waals surface area contributed by atoms with Crippen LogP contribution in [-0.2, 0) is 16.0 Å². The lowest BCUT2D eigenvalue weighted by molar-refractivity contribution is -0.137. The second-order valence-electron chi connectivity index (χ2n) is 6.81. The molecule has 0 spiro atoms. The van der Waals surface area contributed by atoms with Gasteiger partial charge < -0.3 is 15.5 Å². The molecule has 0 aromatic carbocycles. The number of fused-ring (bicyclic) bond motifs is 1. The summed E-state index contributed by atoms with van der Waals surface area (Å²) in [7, 11) is 0. The van der Waals surface area contributed by atoms with Crippen molar-refractivity contribution in [2.45, 2.75) is 19.4 Å². The normalized spacial score (nSPS) is 11.9. The fourth-order valence-electron chi connectivity index (χ4n) is 3.31. The van der Waals surface area contributed by atoms with Crippen LogP contribution in [0.3, 0.4) is 0 Å². The van der Waals surface area contributed by atoms with Crippen molar-refractivity contribution in [3.63, 3.8) is 0 Å². The Morgan fingerprint density at radius 3 is 2.74 bits per heavy atom. The van der Waals surface area contributed by atoms with Crippen molar-refractivity contribution in [1.29, 1.82) is 0 Å². The van der Waals surface area contributed by atoms with E-state index in [9.17, 15) is 14.4 Å². The van der Waals surface area contributed by atoms with Crippen LogP contribution in [0.15, 0.2) is 59.7 Å². The molecule has 10 heteroatoms. The number of nitrogens with two attached hydrogens (primary N) is 1. The van der Waals surface area contributed by atoms with Gasteiger partial charge in [0.05, 0.1) is 18.7 Å². The van der Waals surface area contributed by atoms with Crippen molar-refractivity contribution >= 4 is 28.6 Å². The molecule has 4 heterocycles. The smallest absolute Gasteiger partial charge is 0.287 e. The number of ketones is 1. The van der Waals surface area contributed by atoms with Crippen molar-refractivity contribution in [2.75, 3.05) is 0 Å². The topological polar surface area (TPSA) is 146 Å². The quantitative estimate of drug-likeness (QED) is 0.427. The highest BCUT2D eigenvalue weighted by molar-refractivity contribution is 6.38. The molecule has 0 aliphatic rings. The summed E-state index contributed by atoms with van der Waals surface area (Å²) in [5, 5.41) is 3.33. The van der Waals surface area contributed by atoms with Crippen LogP contribution < -0.4 is 11.1 Å². The highest BCUT2D eigenvalue weighted by Crippen LogP contribution is 2.21. The third kappa shape index (κ3) is 3.90. The number of carbonyl (C=O) groups is 3. The molecule has 0 fully saturated rings. The molecule has 1 atom stereocenters. The van der Waals surface area contributed by atoms with Crippen LogP contribution in [0.2, 0.25) is 0 Å². The monoisotopic (exact) mass is 418 g/mol. The molecule has 31 heavy (non-hydrogen) atoms. The van der Waals surface area contributed by atoms with Gasteiger partial charge in [-0.15, -0.1) is 0 Å². The Kier molecular flexibility index (Phi) is 5.27. The lowest BCUT2D eigenvalue weighted by Crippen LogP contribution is -2.47. The summed E-state index contributed by atoms with van der Waals surface area (Å²) in [5.74, 6) is -1.63. The predicted octanol–water partition coefficient (Wildman–Crippen LogP) is 1.11. The molecule has 4 rings (SSSR count). The van der Waals surface area contributed by atoms with E-state index in [1.54, 1.807) is 48.1 Å². The molecule has 0 saturated carbocycles. The predicted molar refractivity (Wildman–Crippen MR) is 109 cm³/mol. The number of rotatable bonds is 7. The van der Waals surface area contributed by atoms with E-state index in [4.69, 9.17) is 10.2 Å². The number of primary amides is 1. The number of Topliss-reactive ketones (excluding diaryl/α,β-unsaturated/α-hetero) is 1. The highest BCUT2D eigenvalue weighted by Gasteiger charge is 2.28. The number of furan rings is 1. The number of pyridine rings is 2. The first-order chi connectivity index (χ1) is 15.0. The molecule has 3 N–H and O–H groups in total. The van der Waals surface area contributed by atoms with E-state index < -0.39 is 23.6 Å². The summed E-state index contributed by atoms with van der Waals surface area (Å²) >= 11 is 0. The maximum Gasteiger partial charge on any atom is 0.287 e. The van der Waals surface area contributed by atoms with Crippen molar-refractivity contribution in [2.24, 2.45) is 5.73 Å². The van der Waals surface area contributed by atoms with Crippen molar-refractivity contribution in [1.82, 2.24) is 24.8 Å². The zero-order valence-corrected chi connectivity index (χ0v) is 16.5. The number of imidazole rings is 1. The molecule has 1 unspecified atom stereocenters. The van der Waals surface area contributed by atoms with Gasteiger partial charge in [-0.1, -0.05) is 6.07 Å². The maximum absolute atomic E-state index is 13.0. The van der Waals surface area contributed by atoms with E-state index in [1.807, 2.05) is 0 Å². The first-order valence-electron chi connectivity index (χ1n) is 9.36. The standard InChI is InChI=1S/C21H18N6O4/c1-12-25-9-16(27(12)18-4-2-3-6-24-18)21(30)26-15(19(28)20(22)29)8-13-11-31-17-10-23-7-5-14(13)17/h2-7,9-11,15H,8H2,1H3,(H2,22,29)(H,26,30). The molecule has 4 aromatic rings. The second-order valence-corrected chi connectivity index (χ2v) is 6.81. The number of hydrogen-bond acceptors (Lipinski definition) is 7. The molecule has 156 valence electrons. The SMILES string of the molecule is Cc1ncc(C(=O)NC(Cc2coc3cnccc23)C(=O)C(N)=O)n1-c1ccccn1. The first-order valence-corrected chi connectivity index (χ1v) is 9.36. The third-order valence-electron chi connectivity index (χ3n) is 4.80. The van der Waals surface area contributed by atoms with E-state index in [2.05, 4.69) is 20.3 Å². The lowest BCUT2D eigenvalue weighted by atomic mass is 10.0. The van der Waals surface area contributed by atoms with Gasteiger partial charge in [-0.25, -0.2) is 9.97 Å². The molecule has 0 radical (unpaired) electrons. The highest BCUT2D eigenvalue weighted by atomic mass is 16.3. The minimum Gasteiger partial charge on any atom is -0.462 e. The molecule has 0 aliphatic heterocycles. The van der Waals surface area contributed by atoms with Gasteiger partial charge in [0.1, 0.15) is 23.4 Å². The second kappa shape index (κ2) is 8.19. The molecule has 0 saturated heterocycles. The van der Waals surface area contributed by atoms with Gasteiger partial charge >= 0.3 is 0 Å². The summed E-state index contributed by atoms with van der Waals surface area (Å²) in [4.78, 5) is 49.5. The van der Waals surface area contributed by atoms with E-state index in [0.29, 0.717) is 22.8 Å². The van der Waals surface area contributed by atoms with E-state index in [0.717, 1.165) is 5.39 Å². The summed E-state index contributed by atoms with van der Waals surface area (Å²) in [6.07, 6.45) is 7.57. The van der Waals surface area contributed by atoms with Crippen LogP contribution in [0.5, 0.6) is 0 Å². The van der Waals surface area contributed by atoms with Crippen LogP contribution in [-0.4, -0.2) is 43.2 Å². The molecule has 0 aliphatic carbocycles. The summed E-state index contributed by atoms with van der Waals surface area (Å²) < 4.78 is 6.99. The van der Waals surface area contributed by atoms with Crippen LogP contribution >= 0.6 is 0 Å². The number of aryl methyl sites for hydroxylation is 1. The Morgan fingerprint density at radius 2 is 2.00 bits per heavy atom. The molecule has 10 nitrogen and oxygen atoms in total. The molecule has 0 bridgehead atoms. The average molecular weight is 418 g/mol. The van der Waals surface area contributed by atoms with Gasteiger partial charge in [-0.2, -0.15) is 0 Å². The summed E-state index contributed by atoms with van der Waals surface area (Å²) in [6, 6.07) is 5.79. The first kappa shape index (κ1) is 20.0. The van der Waals surface area contributed by atoms with Gasteiger partial charge in [-0.05, 0) is 25.1 Å². The average Bonchev–Trinajstić information content (AvgIpc) is 3.37. The number of nitrogens with zero attached hydrogens (tertiary/aromatic N) is 4. The van der Waals surface area contributed by atoms with Gasteiger partial charge in [0.15, 0.2) is 5.58 Å². The van der Waals surface area contributed by atoms with Gasteiger partial charge in [0.25, 0.3) is 11.8 Å². The fourth-order valence-corrected chi connectivity index (χ4v) is 3.31. The van der Waals surface area contributed by atoms with Crippen molar-refractivity contribution in [3.05, 3.63) is 72.4 Å². The van der Waals surface area contributed by atoms with Gasteiger partial charge in [0.2, 0.25) is 5.78 Å². The minimum atomic E-state index is -1.19. The number of carbonyl (C=O) groups excluding carboxylic acids is 3. The van der Waals surface area contributed by atoms with E-state index in [1.165, 1.54) is 18.7 Å². The van der Waals surface area contributed by atoms with Crippen molar-refractivity contribution < 1.29 is 18.8 Å². The minimum absolute atomic E-state index is 0.0151. The molecule has 2 amide bonds. The van der Waals surface area contributed by atoms with Crippen LogP contribution in [0.25, 0.3) is 16.8 Å². The maximum atomic E-state index is 13.0. The third-order valence-corrected chi connectivity index (χ3v) is 4.80. The Labute approximate surface area is 176 Å². The van der Waals surface area contributed by atoms with Gasteiger partial charge in [0, 0.05) is 29.8 Å². The number of aromatic nitrogens is 4. The molecule has 4 aromatic heterocycles. The zero-order chi connectivity index (χ0) is 22.0. The number of nitrogens with one attached hydrogen (secondary N) is 1. The van der Waals surface area contributed by atoms with Crippen LogP contribution in [0, 0.1) is 6.92 Å². The Hall–Kier alpha value is -4.34. The fraction of sp³-hybridized carbons (Fsp3) is 0.143. The van der Waals surface area contributed by atoms with Crippen LogP contribution in [0.1, 0.15) is 21.9 Å². The summed E-state index contributed by atoms with van der Waals surface area (Å²) in [6.45, 7) is 1.73. The van der Waals surface area contributed by atoms with Gasteiger partial charge in [-0.3, -0.25) is 23.9 Å². The number of amides is 2. The lowest BCUT2D eigenvalue weighted by Gasteiger charge is -2.16. The molecular formula is C21H18N6O4. The largest absolute Gasteiger partial charge is 0.462 e. The Balaban J connectivity index is 1.65. The molecular weight excluding hydrogens is 400 g/mol. The Bertz CT molecular complexity index is 1280. The summed E-state index contributed by atoms with van der Waals surface area (Å²) in [5.41, 5.74) is 6.54. The van der Waals surface area contributed by atoms with Crippen LogP contribution in [0.4, 0.5) is 0 Å². The van der Waals surface area contributed by atoms with Crippen molar-refractivity contribution in [3.8, 4) is 5.82 Å². The number of hydrogen-bond donors (Lipinski definition) is 2. The van der Waals surface area contributed by atoms with E-state index in [-0.39, 0.29) is 12.1 Å².